The first-order valence-corrected chi connectivity index (χ1v) is 5.49. The van der Waals surface area contributed by atoms with Crippen molar-refractivity contribution >= 4 is 0 Å². The van der Waals surface area contributed by atoms with Crippen molar-refractivity contribution in [2.24, 2.45) is 11.7 Å². The summed E-state index contributed by atoms with van der Waals surface area (Å²) in [7, 11) is 0. The van der Waals surface area contributed by atoms with Crippen molar-refractivity contribution in [3.8, 4) is 0 Å². The first-order valence-electron chi connectivity index (χ1n) is 5.49. The molecule has 0 unspecified atom stereocenters. The molecule has 1 saturated carbocycles. The van der Waals surface area contributed by atoms with Crippen LogP contribution in [0.3, 0.4) is 0 Å². The fourth-order valence-electron chi connectivity index (χ4n) is 2.11. The Morgan fingerprint density at radius 2 is 2.33 bits per heavy atom. The van der Waals surface area contributed by atoms with Crippen LogP contribution in [0.5, 0.6) is 0 Å². The van der Waals surface area contributed by atoms with Crippen molar-refractivity contribution in [3.63, 3.8) is 0 Å². The maximum atomic E-state index is 9.29. The Kier molecular flexibility index (Phi) is 2.56. The molecule has 1 aromatic heterocycles. The van der Waals surface area contributed by atoms with Gasteiger partial charge in [-0.1, -0.05) is 13.8 Å². The third-order valence-electron chi connectivity index (χ3n) is 2.96. The Labute approximate surface area is 90.1 Å². The number of aliphatic hydroxyl groups excluding tert-OH is 1. The van der Waals surface area contributed by atoms with Crippen molar-refractivity contribution in [2.45, 2.75) is 44.9 Å². The molecule has 4 nitrogen and oxygen atoms in total. The van der Waals surface area contributed by atoms with Gasteiger partial charge in [-0.15, -0.1) is 0 Å². The molecule has 3 N–H and O–H groups in total. The molecule has 4 heteroatoms. The van der Waals surface area contributed by atoms with Crippen LogP contribution >= 0.6 is 0 Å². The summed E-state index contributed by atoms with van der Waals surface area (Å²) in [5, 5.41) is 13.6. The molecule has 0 aliphatic heterocycles. The Bertz CT molecular complexity index is 339. The normalized spacial score (nSPS) is 30.6. The average molecular weight is 209 g/mol. The van der Waals surface area contributed by atoms with Crippen LogP contribution in [0.4, 0.5) is 0 Å². The molecule has 0 spiro atoms. The van der Waals surface area contributed by atoms with Crippen molar-refractivity contribution in [1.82, 2.24) is 9.78 Å². The Hall–Kier alpha value is -0.870. The maximum Gasteiger partial charge on any atom is 0.0582 e. The summed E-state index contributed by atoms with van der Waals surface area (Å²) in [6.07, 6.45) is 4.91. The van der Waals surface area contributed by atoms with E-state index < -0.39 is 0 Å². The first-order chi connectivity index (χ1) is 6.99. The van der Waals surface area contributed by atoms with Gasteiger partial charge in [-0.2, -0.15) is 5.10 Å². The van der Waals surface area contributed by atoms with Gasteiger partial charge in [-0.3, -0.25) is 4.68 Å². The summed E-state index contributed by atoms with van der Waals surface area (Å²) in [6, 6.07) is 0. The van der Waals surface area contributed by atoms with E-state index in [1.54, 1.807) is 0 Å². The number of nitrogens with two attached hydrogens (primary N) is 1. The minimum atomic E-state index is -0.339. The molecule has 1 heterocycles. The fraction of sp³-hybridized carbons (Fsp3) is 0.727. The van der Waals surface area contributed by atoms with Gasteiger partial charge < -0.3 is 10.8 Å². The molecular formula is C11H19N3O. The highest BCUT2D eigenvalue weighted by Crippen LogP contribution is 2.38. The molecule has 0 radical (unpaired) electrons. The lowest BCUT2D eigenvalue weighted by Crippen LogP contribution is -2.51. The minimum absolute atomic E-state index is 0.233. The molecular weight excluding hydrogens is 190 g/mol. The van der Waals surface area contributed by atoms with Gasteiger partial charge in [0.15, 0.2) is 0 Å². The molecule has 2 rings (SSSR count). The summed E-state index contributed by atoms with van der Waals surface area (Å²) in [5.41, 5.74) is 6.86. The second-order valence-electron chi connectivity index (χ2n) is 5.06. The molecule has 15 heavy (non-hydrogen) atoms. The van der Waals surface area contributed by atoms with Crippen LogP contribution in [0.15, 0.2) is 12.4 Å². The second-order valence-corrected chi connectivity index (χ2v) is 5.06. The molecule has 1 aromatic rings. The lowest BCUT2D eigenvalue weighted by molar-refractivity contribution is 0.0209. The number of hydrogen-bond donors (Lipinski definition) is 2. The smallest absolute Gasteiger partial charge is 0.0582 e. The van der Waals surface area contributed by atoms with E-state index >= 15 is 0 Å². The summed E-state index contributed by atoms with van der Waals surface area (Å²) < 4.78 is 1.93. The zero-order valence-corrected chi connectivity index (χ0v) is 9.35. The summed E-state index contributed by atoms with van der Waals surface area (Å²) in [6.45, 7) is 5.23. The fourth-order valence-corrected chi connectivity index (χ4v) is 2.11. The van der Waals surface area contributed by atoms with Gasteiger partial charge in [0, 0.05) is 23.8 Å². The molecule has 84 valence electrons. The van der Waals surface area contributed by atoms with E-state index in [-0.39, 0.29) is 11.6 Å². The van der Waals surface area contributed by atoms with Crippen LogP contribution in [-0.2, 0) is 12.1 Å². The predicted molar refractivity (Wildman–Crippen MR) is 58.2 cm³/mol. The quantitative estimate of drug-likeness (QED) is 0.775. The SMILES string of the molecule is CC(C)Cn1cc(C2(N)CC(O)C2)cn1. The zero-order valence-electron chi connectivity index (χ0n) is 9.35. The molecule has 0 bridgehead atoms. The van der Waals surface area contributed by atoms with E-state index in [9.17, 15) is 5.11 Å². The third-order valence-corrected chi connectivity index (χ3v) is 2.96. The van der Waals surface area contributed by atoms with Crippen molar-refractivity contribution in [3.05, 3.63) is 18.0 Å². The first kappa shape index (κ1) is 10.6. The van der Waals surface area contributed by atoms with Gasteiger partial charge >= 0.3 is 0 Å². The molecule has 0 saturated heterocycles. The summed E-state index contributed by atoms with van der Waals surface area (Å²) >= 11 is 0. The van der Waals surface area contributed by atoms with Crippen LogP contribution in [-0.4, -0.2) is 21.0 Å². The predicted octanol–water partition coefficient (Wildman–Crippen LogP) is 0.848. The molecule has 1 aliphatic carbocycles. The monoisotopic (exact) mass is 209 g/mol. The second kappa shape index (κ2) is 3.61. The maximum absolute atomic E-state index is 9.29. The van der Waals surface area contributed by atoms with E-state index in [1.165, 1.54) is 0 Å². The highest BCUT2D eigenvalue weighted by Gasteiger charge is 2.42. The number of aliphatic hydroxyl groups is 1. The van der Waals surface area contributed by atoms with Crippen LogP contribution in [0.2, 0.25) is 0 Å². The highest BCUT2D eigenvalue weighted by molar-refractivity contribution is 5.22. The Morgan fingerprint density at radius 1 is 1.67 bits per heavy atom. The molecule has 1 fully saturated rings. The van der Waals surface area contributed by atoms with Crippen LogP contribution in [0, 0.1) is 5.92 Å². The number of hydrogen-bond acceptors (Lipinski definition) is 3. The van der Waals surface area contributed by atoms with Crippen molar-refractivity contribution in [2.75, 3.05) is 0 Å². The molecule has 0 atom stereocenters. The molecule has 0 aromatic carbocycles. The van der Waals surface area contributed by atoms with E-state index in [0.717, 1.165) is 12.1 Å². The van der Waals surface area contributed by atoms with E-state index in [2.05, 4.69) is 18.9 Å². The Morgan fingerprint density at radius 3 is 2.87 bits per heavy atom. The Balaban J connectivity index is 2.07. The lowest BCUT2D eigenvalue weighted by Gasteiger charge is -2.41. The lowest BCUT2D eigenvalue weighted by atomic mass is 9.72. The van der Waals surface area contributed by atoms with Crippen LogP contribution in [0.25, 0.3) is 0 Å². The van der Waals surface area contributed by atoms with E-state index in [0.29, 0.717) is 18.8 Å². The number of nitrogens with zero attached hydrogens (tertiary/aromatic N) is 2. The molecule has 0 amide bonds. The third kappa shape index (κ3) is 2.06. The van der Waals surface area contributed by atoms with Gasteiger partial charge in [-0.25, -0.2) is 0 Å². The number of rotatable bonds is 3. The standard InChI is InChI=1S/C11H19N3O/c1-8(2)6-14-7-9(5-13-14)11(12)3-10(15)4-11/h5,7-8,10,15H,3-4,6,12H2,1-2H3. The van der Waals surface area contributed by atoms with Crippen LogP contribution < -0.4 is 5.73 Å². The van der Waals surface area contributed by atoms with Crippen LogP contribution in [0.1, 0.15) is 32.3 Å². The average Bonchev–Trinajstić information content (AvgIpc) is 2.49. The van der Waals surface area contributed by atoms with Crippen molar-refractivity contribution < 1.29 is 5.11 Å². The van der Waals surface area contributed by atoms with Gasteiger partial charge in [-0.05, 0) is 18.8 Å². The van der Waals surface area contributed by atoms with E-state index in [4.69, 9.17) is 5.73 Å². The topological polar surface area (TPSA) is 64.1 Å². The van der Waals surface area contributed by atoms with Gasteiger partial charge in [0.05, 0.1) is 12.3 Å². The largest absolute Gasteiger partial charge is 0.393 e. The van der Waals surface area contributed by atoms with Gasteiger partial charge in [0.2, 0.25) is 0 Å². The summed E-state index contributed by atoms with van der Waals surface area (Å²) in [4.78, 5) is 0. The van der Waals surface area contributed by atoms with Gasteiger partial charge in [0.25, 0.3) is 0 Å². The van der Waals surface area contributed by atoms with Crippen molar-refractivity contribution in [1.29, 1.82) is 0 Å². The minimum Gasteiger partial charge on any atom is -0.393 e. The summed E-state index contributed by atoms with van der Waals surface area (Å²) in [5.74, 6) is 0.582. The van der Waals surface area contributed by atoms with E-state index in [1.807, 2.05) is 17.1 Å². The molecule has 1 aliphatic rings. The highest BCUT2D eigenvalue weighted by atomic mass is 16.3. The number of aromatic nitrogens is 2. The van der Waals surface area contributed by atoms with Gasteiger partial charge in [0.1, 0.15) is 0 Å². The zero-order chi connectivity index (χ0) is 11.1.